The molecule has 0 saturated carbocycles. The van der Waals surface area contributed by atoms with Crippen LogP contribution in [0.1, 0.15) is 27.1 Å². The van der Waals surface area contributed by atoms with Crippen molar-refractivity contribution >= 4 is 25.3 Å². The molecule has 0 spiro atoms. The van der Waals surface area contributed by atoms with Crippen LogP contribution in [-0.4, -0.2) is 11.5 Å². The van der Waals surface area contributed by atoms with E-state index in [2.05, 4.69) is 25.3 Å². The van der Waals surface area contributed by atoms with Gasteiger partial charge in [0.25, 0.3) is 0 Å². The molecular formula is C6H15NaS2. The monoisotopic (exact) mass is 174 g/mol. The van der Waals surface area contributed by atoms with Crippen molar-refractivity contribution in [3.8, 4) is 0 Å². The molecule has 0 aliphatic carbocycles. The Labute approximate surface area is 92.8 Å². The fourth-order valence-electron chi connectivity index (χ4n) is 0.577. The fourth-order valence-corrected chi connectivity index (χ4v) is 1.02. The molecule has 0 aromatic heterocycles. The number of unbranched alkanes of at least 4 members (excludes halogenated alkanes) is 3. The van der Waals surface area contributed by atoms with Gasteiger partial charge in [0, 0.05) is 0 Å². The van der Waals surface area contributed by atoms with Gasteiger partial charge in [-0.2, -0.15) is 25.3 Å². The van der Waals surface area contributed by atoms with E-state index in [1.165, 1.54) is 25.7 Å². The van der Waals surface area contributed by atoms with Crippen molar-refractivity contribution in [1.29, 1.82) is 0 Å². The molecule has 0 fully saturated rings. The van der Waals surface area contributed by atoms with Crippen LogP contribution >= 0.6 is 25.3 Å². The van der Waals surface area contributed by atoms with Crippen molar-refractivity contribution in [2.45, 2.75) is 25.7 Å². The van der Waals surface area contributed by atoms with Crippen molar-refractivity contribution in [2.24, 2.45) is 0 Å². The molecule has 0 heterocycles. The Kier molecular flexibility index (Phi) is 18.3. The van der Waals surface area contributed by atoms with E-state index in [9.17, 15) is 0 Å². The molecular weight excluding hydrogens is 159 g/mol. The molecule has 0 aliphatic rings. The van der Waals surface area contributed by atoms with Gasteiger partial charge in [-0.05, 0) is 24.3 Å². The first-order valence-electron chi connectivity index (χ1n) is 3.13. The maximum Gasteiger partial charge on any atom is 1.00 e. The largest absolute Gasteiger partial charge is 1.00 e. The summed E-state index contributed by atoms with van der Waals surface area (Å²) < 4.78 is 0. The second-order valence-corrected chi connectivity index (χ2v) is 2.76. The van der Waals surface area contributed by atoms with Crippen LogP contribution in [0.15, 0.2) is 0 Å². The van der Waals surface area contributed by atoms with Gasteiger partial charge in [0.15, 0.2) is 0 Å². The Balaban J connectivity index is -0.000000245. The summed E-state index contributed by atoms with van der Waals surface area (Å²) in [6, 6.07) is 0. The van der Waals surface area contributed by atoms with E-state index in [1.54, 1.807) is 0 Å². The van der Waals surface area contributed by atoms with Crippen LogP contribution in [0.2, 0.25) is 0 Å². The first-order chi connectivity index (χ1) is 3.91. The summed E-state index contributed by atoms with van der Waals surface area (Å²) in [7, 11) is 0. The van der Waals surface area contributed by atoms with E-state index in [0.29, 0.717) is 0 Å². The van der Waals surface area contributed by atoms with Gasteiger partial charge in [-0.25, -0.2) is 0 Å². The van der Waals surface area contributed by atoms with Gasteiger partial charge >= 0.3 is 29.6 Å². The van der Waals surface area contributed by atoms with Crippen LogP contribution in [0.5, 0.6) is 0 Å². The number of rotatable bonds is 5. The minimum Gasteiger partial charge on any atom is -1.00 e. The molecule has 0 aliphatic heterocycles. The SMILES string of the molecule is SCCCCCCS.[H-].[Na+]. The molecule has 0 bridgehead atoms. The van der Waals surface area contributed by atoms with E-state index in [0.717, 1.165) is 11.5 Å². The van der Waals surface area contributed by atoms with Crippen molar-refractivity contribution in [1.82, 2.24) is 0 Å². The summed E-state index contributed by atoms with van der Waals surface area (Å²) in [5.74, 6) is 2.07. The number of hydrogen-bond donors (Lipinski definition) is 2. The van der Waals surface area contributed by atoms with E-state index in [4.69, 9.17) is 0 Å². The third kappa shape index (κ3) is 12.8. The van der Waals surface area contributed by atoms with E-state index < -0.39 is 0 Å². The molecule has 0 amide bonds. The molecule has 0 aromatic carbocycles. The van der Waals surface area contributed by atoms with Gasteiger partial charge in [0.1, 0.15) is 0 Å². The third-order valence-electron chi connectivity index (χ3n) is 1.07. The van der Waals surface area contributed by atoms with E-state index >= 15 is 0 Å². The third-order valence-corrected chi connectivity index (χ3v) is 1.70. The van der Waals surface area contributed by atoms with Gasteiger partial charge in [-0.3, -0.25) is 0 Å². The van der Waals surface area contributed by atoms with Gasteiger partial charge in [-0.1, -0.05) is 12.8 Å². The Bertz CT molecular complexity index is 40.7. The predicted octanol–water partition coefficient (Wildman–Crippen LogP) is -0.477. The topological polar surface area (TPSA) is 0 Å². The van der Waals surface area contributed by atoms with Crippen molar-refractivity contribution < 1.29 is 31.0 Å². The molecule has 0 unspecified atom stereocenters. The molecule has 0 aromatic rings. The standard InChI is InChI=1S/C6H14S2.Na.H/c7-5-3-1-2-4-6-8;;/h7-8H,1-6H2;;/q;+1;-1. The molecule has 0 atom stereocenters. The summed E-state index contributed by atoms with van der Waals surface area (Å²) >= 11 is 8.21. The molecule has 0 saturated heterocycles. The normalized spacial score (nSPS) is 8.67. The first kappa shape index (κ1) is 13.3. The zero-order valence-corrected chi connectivity index (χ0v) is 9.93. The summed E-state index contributed by atoms with van der Waals surface area (Å²) in [4.78, 5) is 0. The van der Waals surface area contributed by atoms with Gasteiger partial charge < -0.3 is 1.43 Å². The summed E-state index contributed by atoms with van der Waals surface area (Å²) in [5, 5.41) is 0. The number of hydrogen-bond acceptors (Lipinski definition) is 2. The van der Waals surface area contributed by atoms with Crippen molar-refractivity contribution in [3.05, 3.63) is 0 Å². The van der Waals surface area contributed by atoms with Gasteiger partial charge in [0.2, 0.25) is 0 Å². The zero-order valence-electron chi connectivity index (χ0n) is 7.14. The molecule has 3 heteroatoms. The van der Waals surface area contributed by atoms with Crippen LogP contribution in [0, 0.1) is 0 Å². The van der Waals surface area contributed by atoms with Gasteiger partial charge in [0.05, 0.1) is 0 Å². The molecule has 0 rings (SSSR count). The average Bonchev–Trinajstić information content (AvgIpc) is 1.81. The zero-order chi connectivity index (χ0) is 6.24. The first-order valence-corrected chi connectivity index (χ1v) is 4.40. The minimum atomic E-state index is 0. The van der Waals surface area contributed by atoms with Crippen LogP contribution < -0.4 is 29.6 Å². The fraction of sp³-hybridized carbons (Fsp3) is 1.00. The molecule has 0 radical (unpaired) electrons. The Morgan fingerprint density at radius 1 is 0.778 bits per heavy atom. The maximum atomic E-state index is 4.10. The second kappa shape index (κ2) is 12.4. The van der Waals surface area contributed by atoms with Crippen LogP contribution in [0.3, 0.4) is 0 Å². The molecule has 0 N–H and O–H groups in total. The summed E-state index contributed by atoms with van der Waals surface area (Å²) in [5.41, 5.74) is 0. The van der Waals surface area contributed by atoms with Crippen LogP contribution in [0.25, 0.3) is 0 Å². The van der Waals surface area contributed by atoms with Crippen LogP contribution in [0.4, 0.5) is 0 Å². The smallest absolute Gasteiger partial charge is 1.00 e. The van der Waals surface area contributed by atoms with E-state index in [-0.39, 0.29) is 31.0 Å². The molecule has 9 heavy (non-hydrogen) atoms. The molecule has 52 valence electrons. The maximum absolute atomic E-state index is 4.10. The average molecular weight is 174 g/mol. The quantitative estimate of drug-likeness (QED) is 0.314. The Morgan fingerprint density at radius 2 is 1.11 bits per heavy atom. The van der Waals surface area contributed by atoms with Crippen molar-refractivity contribution in [2.75, 3.05) is 11.5 Å². The number of thiol groups is 2. The van der Waals surface area contributed by atoms with E-state index in [1.807, 2.05) is 0 Å². The predicted molar refractivity (Wildman–Crippen MR) is 47.3 cm³/mol. The minimum absolute atomic E-state index is 0. The van der Waals surface area contributed by atoms with Crippen LogP contribution in [-0.2, 0) is 0 Å². The Morgan fingerprint density at radius 3 is 1.33 bits per heavy atom. The summed E-state index contributed by atoms with van der Waals surface area (Å²) in [6.07, 6.45) is 5.17. The second-order valence-electron chi connectivity index (χ2n) is 1.86. The Hall–Kier alpha value is 1.70. The molecule has 0 nitrogen and oxygen atoms in total. The summed E-state index contributed by atoms with van der Waals surface area (Å²) in [6.45, 7) is 0. The van der Waals surface area contributed by atoms with Gasteiger partial charge in [-0.15, -0.1) is 0 Å². The van der Waals surface area contributed by atoms with Crippen molar-refractivity contribution in [3.63, 3.8) is 0 Å².